The molecule has 2 aliphatic heterocycles. The van der Waals surface area contributed by atoms with Crippen molar-refractivity contribution in [2.45, 2.75) is 18.6 Å². The van der Waals surface area contributed by atoms with Crippen molar-refractivity contribution >= 4 is 20.3 Å². The largest absolute Gasteiger partial charge is 0.392 e. The number of benzene rings is 1. The van der Waals surface area contributed by atoms with Gasteiger partial charge in [-0.2, -0.15) is 4.62 Å². The van der Waals surface area contributed by atoms with Crippen LogP contribution in [0.3, 0.4) is 0 Å². The second-order valence-corrected chi connectivity index (χ2v) is 6.10. The summed E-state index contributed by atoms with van der Waals surface area (Å²) in [6.45, 7) is 0.748. The second kappa shape index (κ2) is 6.37. The molecule has 9 heteroatoms. The Morgan fingerprint density at radius 2 is 1.95 bits per heavy atom. The normalized spacial score (nSPS) is 25.6. The number of hydroxylamine groups is 2. The molecular weight excluding hydrogens is 309 g/mol. The Hall–Kier alpha value is -1.41. The third-order valence-corrected chi connectivity index (χ3v) is 4.25. The summed E-state index contributed by atoms with van der Waals surface area (Å²) >= 11 is 0. The highest BCUT2D eigenvalue weighted by Gasteiger charge is 2.38. The number of aliphatic hydroxyl groups excluding tert-OH is 1. The van der Waals surface area contributed by atoms with Gasteiger partial charge in [0.1, 0.15) is 0 Å². The molecule has 0 radical (unpaired) electrons. The Morgan fingerprint density at radius 1 is 1.32 bits per heavy atom. The number of hydrogen-bond donors (Lipinski definition) is 3. The van der Waals surface area contributed by atoms with Gasteiger partial charge in [-0.15, -0.1) is 5.06 Å². The summed E-state index contributed by atoms with van der Waals surface area (Å²) in [6.07, 6.45) is 0.172. The van der Waals surface area contributed by atoms with E-state index in [9.17, 15) is 14.7 Å². The zero-order valence-corrected chi connectivity index (χ0v) is 12.5. The summed E-state index contributed by atoms with van der Waals surface area (Å²) in [5, 5.41) is 13.1. The standard InChI is InChI=1S/C13H16N3O5P/c14-22(20-7-8-5-9(17)6-15-8)21-16-12(18)10-3-1-2-4-11(10)13(16)19/h1-4,8-9,15,17H,5-7,14H2/t8-,9?,22?/m0/s1. The number of amides is 2. The molecule has 22 heavy (non-hydrogen) atoms. The van der Waals surface area contributed by atoms with Gasteiger partial charge in [0.05, 0.1) is 23.8 Å². The molecule has 0 spiro atoms. The second-order valence-electron chi connectivity index (χ2n) is 5.11. The molecule has 1 saturated heterocycles. The first kappa shape index (κ1) is 15.5. The van der Waals surface area contributed by atoms with Gasteiger partial charge < -0.3 is 14.9 Å². The number of nitrogens with one attached hydrogen (secondary N) is 1. The van der Waals surface area contributed by atoms with Crippen molar-refractivity contribution in [1.82, 2.24) is 10.4 Å². The molecular formula is C13H16N3O5P. The summed E-state index contributed by atoms with van der Waals surface area (Å²) in [4.78, 5) is 24.2. The molecule has 8 nitrogen and oxygen atoms in total. The van der Waals surface area contributed by atoms with Crippen LogP contribution < -0.4 is 10.8 Å². The van der Waals surface area contributed by atoms with E-state index in [2.05, 4.69) is 5.32 Å². The first-order valence-corrected chi connectivity index (χ1v) is 8.06. The molecule has 118 valence electrons. The van der Waals surface area contributed by atoms with E-state index in [1.54, 1.807) is 24.3 Å². The Balaban J connectivity index is 1.55. The highest BCUT2D eigenvalue weighted by atomic mass is 31.2. The Labute approximate surface area is 128 Å². The fraction of sp³-hybridized carbons (Fsp3) is 0.385. The number of imide groups is 1. The molecule has 3 atom stereocenters. The minimum atomic E-state index is -1.92. The van der Waals surface area contributed by atoms with E-state index in [1.165, 1.54) is 0 Å². The van der Waals surface area contributed by atoms with Crippen LogP contribution in [0, 0.1) is 0 Å². The van der Waals surface area contributed by atoms with Crippen LogP contribution in [0.25, 0.3) is 0 Å². The number of fused-ring (bicyclic) bond motifs is 1. The smallest absolute Gasteiger partial charge is 0.286 e. The molecule has 1 aromatic carbocycles. The maximum atomic E-state index is 12.1. The van der Waals surface area contributed by atoms with Gasteiger partial charge in [-0.25, -0.2) is 0 Å². The Morgan fingerprint density at radius 3 is 2.50 bits per heavy atom. The third-order valence-electron chi connectivity index (χ3n) is 3.52. The molecule has 3 rings (SSSR count). The van der Waals surface area contributed by atoms with E-state index in [-0.39, 0.29) is 23.8 Å². The van der Waals surface area contributed by atoms with Crippen LogP contribution in [-0.4, -0.2) is 47.3 Å². The summed E-state index contributed by atoms with van der Waals surface area (Å²) in [7, 11) is -1.92. The Kier molecular flexibility index (Phi) is 4.49. The lowest BCUT2D eigenvalue weighted by atomic mass is 10.1. The van der Waals surface area contributed by atoms with Crippen molar-refractivity contribution < 1.29 is 23.8 Å². The number of aliphatic hydroxyl groups is 1. The number of carbonyl (C=O) groups excluding carboxylic acids is 2. The molecule has 2 amide bonds. The van der Waals surface area contributed by atoms with Crippen LogP contribution in [0.5, 0.6) is 0 Å². The van der Waals surface area contributed by atoms with Crippen LogP contribution in [0.2, 0.25) is 0 Å². The van der Waals surface area contributed by atoms with Crippen LogP contribution >= 0.6 is 8.53 Å². The fourth-order valence-electron chi connectivity index (χ4n) is 2.43. The van der Waals surface area contributed by atoms with Gasteiger partial charge in [0.15, 0.2) is 0 Å². The van der Waals surface area contributed by atoms with E-state index >= 15 is 0 Å². The number of β-amino-alcohol motifs (C(OH)–C–C–N with tert-alkyl or cyclic N) is 1. The monoisotopic (exact) mass is 325 g/mol. The molecule has 2 aliphatic rings. The van der Waals surface area contributed by atoms with Crippen LogP contribution in [-0.2, 0) is 9.15 Å². The first-order chi connectivity index (χ1) is 10.6. The zero-order chi connectivity index (χ0) is 15.7. The van der Waals surface area contributed by atoms with E-state index in [0.717, 1.165) is 0 Å². The lowest BCUT2D eigenvalue weighted by Gasteiger charge is -2.19. The van der Waals surface area contributed by atoms with Crippen molar-refractivity contribution in [3.05, 3.63) is 35.4 Å². The van der Waals surface area contributed by atoms with E-state index in [1.807, 2.05) is 0 Å². The van der Waals surface area contributed by atoms with Crippen LogP contribution in [0.15, 0.2) is 24.3 Å². The third kappa shape index (κ3) is 3.03. The molecule has 1 fully saturated rings. The summed E-state index contributed by atoms with van der Waals surface area (Å²) in [5.74, 6) is -1.09. The zero-order valence-electron chi connectivity index (χ0n) is 11.6. The van der Waals surface area contributed by atoms with Crippen LogP contribution in [0.1, 0.15) is 27.1 Å². The van der Waals surface area contributed by atoms with E-state index in [0.29, 0.717) is 18.0 Å². The molecule has 2 heterocycles. The SMILES string of the molecule is NP(OC[C@@H]1CC(O)CN1)ON1C(=O)c2ccccc2C1=O. The average molecular weight is 325 g/mol. The quantitative estimate of drug-likeness (QED) is 0.521. The molecule has 0 bridgehead atoms. The van der Waals surface area contributed by atoms with Crippen molar-refractivity contribution in [3.63, 3.8) is 0 Å². The lowest BCUT2D eigenvalue weighted by molar-refractivity contribution is -0.0163. The van der Waals surface area contributed by atoms with Gasteiger partial charge in [0, 0.05) is 12.6 Å². The minimum absolute atomic E-state index is 0.0191. The molecule has 0 saturated carbocycles. The number of hydrogen-bond acceptors (Lipinski definition) is 7. The fourth-order valence-corrected chi connectivity index (χ4v) is 3.12. The van der Waals surface area contributed by atoms with Gasteiger partial charge in [0.25, 0.3) is 20.3 Å². The summed E-state index contributed by atoms with van der Waals surface area (Å²) in [6, 6.07) is 6.44. The predicted octanol–water partition coefficient (Wildman–Crippen LogP) is 0.139. The molecule has 1 aromatic rings. The first-order valence-electron chi connectivity index (χ1n) is 6.81. The van der Waals surface area contributed by atoms with Gasteiger partial charge in [-0.1, -0.05) is 12.1 Å². The number of nitrogens with zero attached hydrogens (tertiary/aromatic N) is 1. The summed E-state index contributed by atoms with van der Waals surface area (Å²) < 4.78 is 10.5. The number of rotatable bonds is 5. The molecule has 0 aromatic heterocycles. The van der Waals surface area contributed by atoms with Gasteiger partial charge in [0.2, 0.25) is 0 Å². The topological polar surface area (TPSA) is 114 Å². The van der Waals surface area contributed by atoms with Crippen LogP contribution in [0.4, 0.5) is 0 Å². The Bertz CT molecular complexity index is 564. The number of nitrogens with two attached hydrogens (primary N) is 1. The highest BCUT2D eigenvalue weighted by molar-refractivity contribution is 7.44. The van der Waals surface area contributed by atoms with Crippen molar-refractivity contribution in [3.8, 4) is 0 Å². The lowest BCUT2D eigenvalue weighted by Crippen LogP contribution is -2.31. The highest BCUT2D eigenvalue weighted by Crippen LogP contribution is 2.35. The molecule has 2 unspecified atom stereocenters. The maximum Gasteiger partial charge on any atom is 0.286 e. The van der Waals surface area contributed by atoms with Gasteiger partial charge in [-0.05, 0) is 18.6 Å². The maximum absolute atomic E-state index is 12.1. The molecule has 0 aliphatic carbocycles. The predicted molar refractivity (Wildman–Crippen MR) is 77.5 cm³/mol. The van der Waals surface area contributed by atoms with Crippen molar-refractivity contribution in [2.75, 3.05) is 13.2 Å². The van der Waals surface area contributed by atoms with E-state index in [4.69, 9.17) is 14.7 Å². The van der Waals surface area contributed by atoms with Gasteiger partial charge >= 0.3 is 0 Å². The van der Waals surface area contributed by atoms with Crippen molar-refractivity contribution in [1.29, 1.82) is 0 Å². The molecule has 4 N–H and O–H groups in total. The average Bonchev–Trinajstić information content (AvgIpc) is 3.03. The van der Waals surface area contributed by atoms with Gasteiger partial charge in [-0.3, -0.25) is 15.1 Å². The summed E-state index contributed by atoms with van der Waals surface area (Å²) in [5.41, 5.74) is 6.29. The van der Waals surface area contributed by atoms with E-state index < -0.39 is 26.4 Å². The van der Waals surface area contributed by atoms with Crippen molar-refractivity contribution in [2.24, 2.45) is 5.50 Å². The number of carbonyl (C=O) groups is 2. The minimum Gasteiger partial charge on any atom is -0.392 e.